The highest BCUT2D eigenvalue weighted by molar-refractivity contribution is 6.36. The fourth-order valence-corrected chi connectivity index (χ4v) is 3.71. The van der Waals surface area contributed by atoms with Crippen molar-refractivity contribution in [3.8, 4) is 16.9 Å². The van der Waals surface area contributed by atoms with Crippen LogP contribution in [0.2, 0.25) is 15.1 Å². The topological polar surface area (TPSA) is 44.1 Å². The zero-order valence-electron chi connectivity index (χ0n) is 16.7. The van der Waals surface area contributed by atoms with Crippen LogP contribution in [0.5, 0.6) is 0 Å². The summed E-state index contributed by atoms with van der Waals surface area (Å²) in [5, 5.41) is 6.24. The van der Waals surface area contributed by atoms with E-state index in [1.165, 1.54) is 6.08 Å². The molecule has 0 aliphatic rings. The third kappa shape index (κ3) is 5.22. The van der Waals surface area contributed by atoms with Gasteiger partial charge in [-0.3, -0.25) is 0 Å². The summed E-state index contributed by atoms with van der Waals surface area (Å²) in [7, 11) is 0. The number of hydrogen-bond donors (Lipinski definition) is 0. The van der Waals surface area contributed by atoms with E-state index >= 15 is 0 Å². The first kappa shape index (κ1) is 22.2. The summed E-state index contributed by atoms with van der Waals surface area (Å²) in [6.07, 6.45) is 4.89. The molecule has 0 saturated heterocycles. The lowest BCUT2D eigenvalue weighted by Gasteiger charge is -2.06. The van der Waals surface area contributed by atoms with Crippen molar-refractivity contribution in [3.63, 3.8) is 0 Å². The molecule has 0 N–H and O–H groups in total. The second kappa shape index (κ2) is 10.0. The highest BCUT2D eigenvalue weighted by atomic mass is 35.5. The van der Waals surface area contributed by atoms with Crippen LogP contribution < -0.4 is 0 Å². The van der Waals surface area contributed by atoms with Gasteiger partial charge in [0.05, 0.1) is 11.4 Å². The number of carbonyl (C=O) groups is 1. The Hall–Kier alpha value is -3.05. The Bertz CT molecular complexity index is 1250. The van der Waals surface area contributed by atoms with Crippen molar-refractivity contribution in [3.05, 3.63) is 111 Å². The molecule has 32 heavy (non-hydrogen) atoms. The predicted octanol–water partition coefficient (Wildman–Crippen LogP) is 7.26. The maximum atomic E-state index is 12.3. The van der Waals surface area contributed by atoms with Gasteiger partial charge in [-0.05, 0) is 42.5 Å². The van der Waals surface area contributed by atoms with E-state index < -0.39 is 5.97 Å². The first-order chi connectivity index (χ1) is 15.5. The summed E-state index contributed by atoms with van der Waals surface area (Å²) in [6, 6.07) is 22.2. The predicted molar refractivity (Wildman–Crippen MR) is 129 cm³/mol. The number of hydrogen-bond acceptors (Lipinski definition) is 3. The molecule has 3 aromatic carbocycles. The molecular formula is C25H17Cl3N2O2. The number of ether oxygens (including phenoxy) is 1. The lowest BCUT2D eigenvalue weighted by Crippen LogP contribution is -2.01. The number of esters is 1. The minimum atomic E-state index is -0.518. The quantitative estimate of drug-likeness (QED) is 0.214. The first-order valence-corrected chi connectivity index (χ1v) is 10.8. The van der Waals surface area contributed by atoms with Crippen molar-refractivity contribution < 1.29 is 9.53 Å². The molecule has 1 aromatic heterocycles. The Morgan fingerprint density at radius 3 is 2.28 bits per heavy atom. The van der Waals surface area contributed by atoms with Crippen LogP contribution in [0.4, 0.5) is 0 Å². The number of halogens is 3. The molecule has 0 atom stereocenters. The molecule has 4 nitrogen and oxygen atoms in total. The van der Waals surface area contributed by atoms with Crippen LogP contribution in [0.25, 0.3) is 23.0 Å². The van der Waals surface area contributed by atoms with Gasteiger partial charge in [-0.15, -0.1) is 0 Å². The summed E-state index contributed by atoms with van der Waals surface area (Å²) in [4.78, 5) is 12.3. The van der Waals surface area contributed by atoms with E-state index in [2.05, 4.69) is 0 Å². The van der Waals surface area contributed by atoms with Gasteiger partial charge in [0.2, 0.25) is 0 Å². The van der Waals surface area contributed by atoms with E-state index in [0.29, 0.717) is 26.3 Å². The van der Waals surface area contributed by atoms with Crippen molar-refractivity contribution in [2.75, 3.05) is 0 Å². The Balaban J connectivity index is 1.58. The second-order valence-corrected chi connectivity index (χ2v) is 8.11. The van der Waals surface area contributed by atoms with Gasteiger partial charge in [0.1, 0.15) is 6.61 Å². The largest absolute Gasteiger partial charge is 0.458 e. The van der Waals surface area contributed by atoms with Crippen molar-refractivity contribution in [2.45, 2.75) is 6.61 Å². The highest BCUT2D eigenvalue weighted by Crippen LogP contribution is 2.27. The zero-order chi connectivity index (χ0) is 22.5. The van der Waals surface area contributed by atoms with E-state index in [4.69, 9.17) is 44.6 Å². The van der Waals surface area contributed by atoms with Crippen LogP contribution in [0.15, 0.2) is 85.1 Å². The zero-order valence-corrected chi connectivity index (χ0v) is 19.0. The normalized spacial score (nSPS) is 11.1. The van der Waals surface area contributed by atoms with Crippen molar-refractivity contribution >= 4 is 46.8 Å². The summed E-state index contributed by atoms with van der Waals surface area (Å²) >= 11 is 18.3. The molecule has 0 aliphatic carbocycles. The molecule has 4 rings (SSSR count). The third-order valence-corrected chi connectivity index (χ3v) is 5.66. The lowest BCUT2D eigenvalue weighted by atomic mass is 10.1. The summed E-state index contributed by atoms with van der Waals surface area (Å²) in [6.45, 7) is -0.0189. The fraction of sp³-hybridized carbons (Fsp3) is 0.0400. The molecule has 0 radical (unpaired) electrons. The molecule has 0 fully saturated rings. The van der Waals surface area contributed by atoms with Crippen molar-refractivity contribution in [2.24, 2.45) is 0 Å². The van der Waals surface area contributed by atoms with E-state index in [-0.39, 0.29) is 6.61 Å². The smallest absolute Gasteiger partial charge is 0.331 e. The van der Waals surface area contributed by atoms with Crippen LogP contribution in [-0.2, 0) is 16.1 Å². The van der Waals surface area contributed by atoms with Gasteiger partial charge in [-0.1, -0.05) is 71.2 Å². The van der Waals surface area contributed by atoms with Crippen LogP contribution in [0.3, 0.4) is 0 Å². The Labute approximate surface area is 200 Å². The minimum Gasteiger partial charge on any atom is -0.458 e. The van der Waals surface area contributed by atoms with Crippen molar-refractivity contribution in [1.82, 2.24) is 9.78 Å². The number of aromatic nitrogens is 2. The fourth-order valence-electron chi connectivity index (χ4n) is 3.07. The second-order valence-electron chi connectivity index (χ2n) is 6.86. The summed E-state index contributed by atoms with van der Waals surface area (Å²) < 4.78 is 7.09. The molecule has 0 aliphatic heterocycles. The standard InChI is InChI=1S/C25H17Cl3N2O2/c26-19-12-9-17(10-13-19)25-18(15-30(29-25)20-5-2-1-3-6-20)11-14-24(31)32-16-21-22(27)7-4-8-23(21)28/h1-15H,16H2. The number of nitrogens with zero attached hydrogens (tertiary/aromatic N) is 2. The first-order valence-electron chi connectivity index (χ1n) is 9.70. The molecule has 0 amide bonds. The Morgan fingerprint density at radius 2 is 1.59 bits per heavy atom. The number of carbonyl (C=O) groups excluding carboxylic acids is 1. The number of rotatable bonds is 6. The summed E-state index contributed by atoms with van der Waals surface area (Å²) in [5.74, 6) is -0.518. The Morgan fingerprint density at radius 1 is 0.906 bits per heavy atom. The van der Waals surface area contributed by atoms with E-state index in [9.17, 15) is 4.79 Å². The summed E-state index contributed by atoms with van der Waals surface area (Å²) in [5.41, 5.74) is 3.81. The number of para-hydroxylation sites is 1. The molecular weight excluding hydrogens is 467 g/mol. The van der Waals surface area contributed by atoms with Gasteiger partial charge in [0, 0.05) is 44.0 Å². The highest BCUT2D eigenvalue weighted by Gasteiger charge is 2.12. The molecule has 0 spiro atoms. The molecule has 160 valence electrons. The average molecular weight is 484 g/mol. The van der Waals surface area contributed by atoms with E-state index in [1.54, 1.807) is 41.1 Å². The molecule has 1 heterocycles. The third-order valence-electron chi connectivity index (χ3n) is 4.70. The average Bonchev–Trinajstić information content (AvgIpc) is 3.23. The molecule has 4 aromatic rings. The molecule has 0 saturated carbocycles. The lowest BCUT2D eigenvalue weighted by molar-refractivity contribution is -0.138. The monoisotopic (exact) mass is 482 g/mol. The molecule has 0 bridgehead atoms. The maximum Gasteiger partial charge on any atom is 0.331 e. The molecule has 0 unspecified atom stereocenters. The van der Waals surface area contributed by atoms with Gasteiger partial charge in [-0.25, -0.2) is 9.48 Å². The minimum absolute atomic E-state index is 0.0189. The maximum absolute atomic E-state index is 12.3. The number of benzene rings is 3. The van der Waals surface area contributed by atoms with Gasteiger partial charge < -0.3 is 4.74 Å². The van der Waals surface area contributed by atoms with Crippen LogP contribution in [-0.4, -0.2) is 15.7 Å². The molecule has 7 heteroatoms. The van der Waals surface area contributed by atoms with Gasteiger partial charge in [-0.2, -0.15) is 5.10 Å². The van der Waals surface area contributed by atoms with E-state index in [1.807, 2.05) is 48.7 Å². The van der Waals surface area contributed by atoms with Crippen molar-refractivity contribution in [1.29, 1.82) is 0 Å². The van der Waals surface area contributed by atoms with Crippen LogP contribution in [0, 0.1) is 0 Å². The Kier molecular flexibility index (Phi) is 6.96. The van der Waals surface area contributed by atoms with E-state index in [0.717, 1.165) is 16.8 Å². The van der Waals surface area contributed by atoms with Crippen LogP contribution in [0.1, 0.15) is 11.1 Å². The van der Waals surface area contributed by atoms with Gasteiger partial charge in [0.15, 0.2) is 0 Å². The van der Waals surface area contributed by atoms with Gasteiger partial charge in [0.25, 0.3) is 0 Å². The SMILES string of the molecule is O=C(C=Cc1cn(-c2ccccc2)nc1-c1ccc(Cl)cc1)OCc1c(Cl)cccc1Cl. The van der Waals surface area contributed by atoms with Crippen LogP contribution >= 0.6 is 34.8 Å². The van der Waals surface area contributed by atoms with Gasteiger partial charge >= 0.3 is 5.97 Å².